The lowest BCUT2D eigenvalue weighted by atomic mass is 9.76. The summed E-state index contributed by atoms with van der Waals surface area (Å²) in [5.74, 6) is -0.0169. The highest BCUT2D eigenvalue weighted by Gasteiger charge is 2.53. The van der Waals surface area contributed by atoms with Gasteiger partial charge in [-0.25, -0.2) is 0 Å². The molecule has 0 unspecified atom stereocenters. The normalized spacial score (nSPS) is 18.8. The van der Waals surface area contributed by atoms with Crippen LogP contribution in [0.5, 0.6) is 0 Å². The van der Waals surface area contributed by atoms with E-state index in [1.54, 1.807) is 0 Å². The van der Waals surface area contributed by atoms with Crippen LogP contribution in [0, 0.1) is 0 Å². The molecular weight excluding hydrogens is 532 g/mol. The predicted molar refractivity (Wildman–Crippen MR) is 138 cm³/mol. The monoisotopic (exact) mass is 558 g/mol. The molecule has 1 aromatic heterocycles. The van der Waals surface area contributed by atoms with Gasteiger partial charge in [-0.3, -0.25) is 14.6 Å². The van der Waals surface area contributed by atoms with E-state index in [0.717, 1.165) is 24.5 Å². The summed E-state index contributed by atoms with van der Waals surface area (Å²) >= 11 is 13.3. The van der Waals surface area contributed by atoms with Crippen molar-refractivity contribution >= 4 is 51.9 Å². The molecule has 1 aromatic carbocycles. The minimum atomic E-state index is -4.60. The summed E-state index contributed by atoms with van der Waals surface area (Å²) < 4.78 is 43.6. The molecule has 1 atom stereocenters. The number of hydrogen-bond donors (Lipinski definition) is 1. The number of amides is 1. The van der Waals surface area contributed by atoms with E-state index >= 15 is 0 Å². The van der Waals surface area contributed by atoms with Gasteiger partial charge in [0.25, 0.3) is 5.91 Å². The van der Waals surface area contributed by atoms with Crippen LogP contribution in [0.1, 0.15) is 76.7 Å². The number of carbonyl (C=O) groups excluding carboxylic acids is 2. The van der Waals surface area contributed by atoms with Crippen molar-refractivity contribution in [3.63, 3.8) is 0 Å². The fourth-order valence-electron chi connectivity index (χ4n) is 5.06. The highest BCUT2D eigenvalue weighted by molar-refractivity contribution is 7.16. The third-order valence-corrected chi connectivity index (χ3v) is 8.99. The van der Waals surface area contributed by atoms with Crippen molar-refractivity contribution in [3.8, 4) is 0 Å². The van der Waals surface area contributed by atoms with Crippen LogP contribution >= 0.6 is 34.5 Å². The molecule has 1 fully saturated rings. The van der Waals surface area contributed by atoms with E-state index in [1.165, 1.54) is 36.6 Å². The van der Waals surface area contributed by atoms with Gasteiger partial charge in [0, 0.05) is 42.4 Å². The van der Waals surface area contributed by atoms with E-state index in [1.807, 2.05) is 0 Å². The van der Waals surface area contributed by atoms with Crippen molar-refractivity contribution in [2.45, 2.75) is 75.9 Å². The Morgan fingerprint density at radius 2 is 1.64 bits per heavy atom. The van der Waals surface area contributed by atoms with Gasteiger partial charge in [0.05, 0.1) is 20.9 Å². The maximum atomic E-state index is 14.5. The number of aliphatic imine (C=N–C) groups is 1. The summed E-state index contributed by atoms with van der Waals surface area (Å²) in [5.41, 5.74) is -0.204. The van der Waals surface area contributed by atoms with Crippen LogP contribution in [0.25, 0.3) is 0 Å². The number of carbonyl (C=O) groups is 2. The lowest BCUT2D eigenvalue weighted by Crippen LogP contribution is -2.41. The molecular formula is C26H27Cl2F3N2O2S. The van der Waals surface area contributed by atoms with Gasteiger partial charge >= 0.3 is 6.18 Å². The summed E-state index contributed by atoms with van der Waals surface area (Å²) in [4.78, 5) is 30.2. The van der Waals surface area contributed by atoms with Crippen molar-refractivity contribution in [1.82, 2.24) is 5.32 Å². The molecule has 0 spiro atoms. The maximum Gasteiger partial charge on any atom is 0.398 e. The van der Waals surface area contributed by atoms with E-state index in [2.05, 4.69) is 10.3 Å². The van der Waals surface area contributed by atoms with Gasteiger partial charge in [-0.1, -0.05) is 23.2 Å². The molecule has 4 nitrogen and oxygen atoms in total. The number of halogens is 5. The van der Waals surface area contributed by atoms with Gasteiger partial charge in [0.15, 0.2) is 0 Å². The van der Waals surface area contributed by atoms with Crippen LogP contribution in [0.3, 0.4) is 0 Å². The van der Waals surface area contributed by atoms with Crippen LogP contribution in [0.4, 0.5) is 13.2 Å². The van der Waals surface area contributed by atoms with E-state index in [0.29, 0.717) is 54.0 Å². The average Bonchev–Trinajstić information content (AvgIpc) is 3.40. The highest BCUT2D eigenvalue weighted by Crippen LogP contribution is 2.47. The first-order valence-corrected chi connectivity index (χ1v) is 13.5. The zero-order valence-electron chi connectivity index (χ0n) is 20.0. The van der Waals surface area contributed by atoms with Crippen LogP contribution in [0.15, 0.2) is 23.2 Å². The van der Waals surface area contributed by atoms with Crippen molar-refractivity contribution < 1.29 is 22.8 Å². The molecule has 10 heteroatoms. The minimum Gasteiger partial charge on any atom is -0.349 e. The molecule has 2 aliphatic rings. The van der Waals surface area contributed by atoms with Crippen LogP contribution in [0.2, 0.25) is 10.0 Å². The Morgan fingerprint density at radius 3 is 2.19 bits per heavy atom. The van der Waals surface area contributed by atoms with Gasteiger partial charge in [-0.05, 0) is 73.9 Å². The molecule has 0 aliphatic heterocycles. The Morgan fingerprint density at radius 1 is 1.06 bits per heavy atom. The average molecular weight is 559 g/mol. The van der Waals surface area contributed by atoms with E-state index in [9.17, 15) is 22.8 Å². The third-order valence-electron chi connectivity index (χ3n) is 7.23. The fourth-order valence-corrected chi connectivity index (χ4v) is 6.92. The predicted octanol–water partition coefficient (Wildman–Crippen LogP) is 7.11. The summed E-state index contributed by atoms with van der Waals surface area (Å²) in [6.45, 7) is 1.13. The second kappa shape index (κ2) is 10.5. The quantitative estimate of drug-likeness (QED) is 0.384. The molecule has 1 amide bonds. The van der Waals surface area contributed by atoms with Crippen LogP contribution in [-0.4, -0.2) is 36.7 Å². The first kappa shape index (κ1) is 27.1. The van der Waals surface area contributed by atoms with Gasteiger partial charge in [0.2, 0.25) is 0 Å². The number of benzene rings is 1. The number of ketones is 1. The van der Waals surface area contributed by atoms with Gasteiger partial charge in [-0.2, -0.15) is 13.2 Å². The number of rotatable bonds is 6. The van der Waals surface area contributed by atoms with Gasteiger partial charge < -0.3 is 5.32 Å². The van der Waals surface area contributed by atoms with Gasteiger partial charge in [0.1, 0.15) is 5.78 Å². The van der Waals surface area contributed by atoms with E-state index < -0.39 is 18.0 Å². The number of Topliss-reactive ketones (excluding diaryl/α,β-unsaturated/α-hetero) is 1. The molecule has 1 saturated carbocycles. The maximum absolute atomic E-state index is 14.5. The van der Waals surface area contributed by atoms with Crippen LogP contribution in [-0.2, 0) is 23.1 Å². The molecule has 0 bridgehead atoms. The van der Waals surface area contributed by atoms with Gasteiger partial charge in [-0.15, -0.1) is 11.3 Å². The summed E-state index contributed by atoms with van der Waals surface area (Å²) in [6, 6.07) is 3.91. The number of fused-ring (bicyclic) bond motifs is 1. The second-order valence-corrected chi connectivity index (χ2v) is 11.6. The van der Waals surface area contributed by atoms with E-state index in [4.69, 9.17) is 23.2 Å². The Balaban J connectivity index is 1.67. The van der Waals surface area contributed by atoms with Crippen molar-refractivity contribution in [2.24, 2.45) is 4.99 Å². The Labute approximate surface area is 222 Å². The second-order valence-electron chi connectivity index (χ2n) is 9.69. The number of nitrogens with zero attached hydrogens (tertiary/aromatic N) is 1. The topological polar surface area (TPSA) is 58.5 Å². The Hall–Kier alpha value is -1.90. The first-order valence-electron chi connectivity index (χ1n) is 11.9. The molecule has 1 heterocycles. The number of hydrogen-bond acceptors (Lipinski definition) is 4. The lowest BCUT2D eigenvalue weighted by Gasteiger charge is -2.33. The molecule has 2 aliphatic carbocycles. The summed E-state index contributed by atoms with van der Waals surface area (Å²) in [7, 11) is 1.48. The number of thiophene rings is 1. The molecule has 1 N–H and O–H groups in total. The Bertz CT molecular complexity index is 1190. The summed E-state index contributed by atoms with van der Waals surface area (Å²) in [5, 5.41) is 3.29. The summed E-state index contributed by atoms with van der Waals surface area (Å²) in [6.07, 6.45) is -0.660. The largest absolute Gasteiger partial charge is 0.398 e. The fraction of sp³-hybridized carbons (Fsp3) is 0.500. The SMILES string of the molecule is C/N=C(\C[C@@](C)(c1cc(Cl)cc(Cl)c1)C(F)(F)F)c1sc(C(=O)NC2CCC(=O)CC2)c2c1CCC2. The zero-order valence-corrected chi connectivity index (χ0v) is 22.4. The molecule has 194 valence electrons. The molecule has 0 saturated heterocycles. The molecule has 2 aromatic rings. The zero-order chi connectivity index (χ0) is 26.3. The Kier molecular flexibility index (Phi) is 7.89. The molecule has 4 rings (SSSR count). The van der Waals surface area contributed by atoms with E-state index in [-0.39, 0.29) is 33.3 Å². The highest BCUT2D eigenvalue weighted by atomic mass is 35.5. The lowest BCUT2D eigenvalue weighted by molar-refractivity contribution is -0.183. The number of nitrogens with one attached hydrogen (secondary N) is 1. The molecule has 36 heavy (non-hydrogen) atoms. The smallest absolute Gasteiger partial charge is 0.349 e. The van der Waals surface area contributed by atoms with Crippen molar-refractivity contribution in [1.29, 1.82) is 0 Å². The standard InChI is InChI=1S/C26H27Cl2F3N2O2S/c1-25(26(29,30)31,14-10-15(27)12-16(28)11-14)13-21(32-2)22-19-4-3-5-20(19)23(36-22)24(35)33-17-6-8-18(34)9-7-17/h10-12,17H,3-9,13H2,1-2H3,(H,33,35)/b32-21+/t25-/m0/s1. The third kappa shape index (κ3) is 5.36. The van der Waals surface area contributed by atoms with Crippen molar-refractivity contribution in [2.75, 3.05) is 7.05 Å². The molecule has 0 radical (unpaired) electrons. The first-order chi connectivity index (χ1) is 16.9. The minimum absolute atomic E-state index is 0.0355. The van der Waals surface area contributed by atoms with Crippen LogP contribution < -0.4 is 5.32 Å². The number of alkyl halides is 3. The van der Waals surface area contributed by atoms with Crippen molar-refractivity contribution in [3.05, 3.63) is 54.7 Å².